The number of amides is 1. The summed E-state index contributed by atoms with van der Waals surface area (Å²) >= 11 is 1.63. The molecule has 27 heavy (non-hydrogen) atoms. The van der Waals surface area contributed by atoms with Crippen LogP contribution in [-0.2, 0) is 11.3 Å². The molecule has 144 valence electrons. The van der Waals surface area contributed by atoms with E-state index in [0.717, 1.165) is 28.9 Å². The highest BCUT2D eigenvalue weighted by Crippen LogP contribution is 2.24. The molecule has 3 heterocycles. The molecule has 1 aliphatic rings. The van der Waals surface area contributed by atoms with Crippen molar-refractivity contribution >= 4 is 33.0 Å². The van der Waals surface area contributed by atoms with E-state index in [1.807, 2.05) is 28.8 Å². The van der Waals surface area contributed by atoms with E-state index in [9.17, 15) is 9.59 Å². The summed E-state index contributed by atoms with van der Waals surface area (Å²) < 4.78 is 4.52. The zero-order valence-corrected chi connectivity index (χ0v) is 16.6. The summed E-state index contributed by atoms with van der Waals surface area (Å²) in [4.78, 5) is 25.0. The maximum Gasteiger partial charge on any atom is 0.291 e. The van der Waals surface area contributed by atoms with Gasteiger partial charge in [0.2, 0.25) is 5.91 Å². The average Bonchev–Trinajstić information content (AvgIpc) is 3.13. The standard InChI is InChI=1S/C20H26N4O2S/c1-14-22-23(20(26)17-13-18-16(24(14)17)10-12-27-18)11-6-9-19(25)21-15-7-4-2-3-5-8-15/h10,12-13,15H,2-9,11H2,1H3,(H,21,25). The number of nitrogens with one attached hydrogen (secondary N) is 1. The maximum atomic E-state index is 12.8. The van der Waals surface area contributed by atoms with Crippen molar-refractivity contribution in [2.45, 2.75) is 70.9 Å². The van der Waals surface area contributed by atoms with Gasteiger partial charge in [0.25, 0.3) is 5.56 Å². The number of carbonyl (C=O) groups is 1. The highest BCUT2D eigenvalue weighted by Gasteiger charge is 2.15. The van der Waals surface area contributed by atoms with Gasteiger partial charge in [0.05, 0.1) is 10.2 Å². The number of rotatable bonds is 5. The van der Waals surface area contributed by atoms with E-state index in [0.29, 0.717) is 30.9 Å². The summed E-state index contributed by atoms with van der Waals surface area (Å²) in [6.45, 7) is 2.38. The van der Waals surface area contributed by atoms with E-state index in [1.54, 1.807) is 11.3 Å². The third-order valence-electron chi connectivity index (χ3n) is 5.46. The van der Waals surface area contributed by atoms with Gasteiger partial charge >= 0.3 is 0 Å². The topological polar surface area (TPSA) is 68.4 Å². The van der Waals surface area contributed by atoms with Crippen molar-refractivity contribution in [3.05, 3.63) is 33.7 Å². The number of nitrogens with zero attached hydrogens (tertiary/aromatic N) is 3. The van der Waals surface area contributed by atoms with E-state index in [2.05, 4.69) is 10.4 Å². The van der Waals surface area contributed by atoms with Crippen LogP contribution in [0.4, 0.5) is 0 Å². The number of aromatic nitrogens is 3. The van der Waals surface area contributed by atoms with Crippen LogP contribution in [0, 0.1) is 6.92 Å². The first-order valence-electron chi connectivity index (χ1n) is 9.89. The normalized spacial score (nSPS) is 16.0. The molecule has 6 nitrogen and oxygen atoms in total. The molecular weight excluding hydrogens is 360 g/mol. The second-order valence-corrected chi connectivity index (χ2v) is 8.42. The van der Waals surface area contributed by atoms with E-state index in [1.165, 1.54) is 30.4 Å². The van der Waals surface area contributed by atoms with E-state index < -0.39 is 0 Å². The van der Waals surface area contributed by atoms with Crippen molar-refractivity contribution in [2.75, 3.05) is 0 Å². The molecule has 0 bridgehead atoms. The van der Waals surface area contributed by atoms with Crippen molar-refractivity contribution < 1.29 is 4.79 Å². The molecule has 0 aromatic carbocycles. The average molecular weight is 387 g/mol. The molecule has 0 saturated heterocycles. The Kier molecular flexibility index (Phi) is 5.29. The molecule has 1 fully saturated rings. The predicted octanol–water partition coefficient (Wildman–Crippen LogP) is 3.64. The Morgan fingerprint density at radius 1 is 1.26 bits per heavy atom. The smallest absolute Gasteiger partial charge is 0.291 e. The zero-order chi connectivity index (χ0) is 18.8. The van der Waals surface area contributed by atoms with Crippen LogP contribution in [0.25, 0.3) is 15.7 Å². The Morgan fingerprint density at radius 2 is 2.04 bits per heavy atom. The summed E-state index contributed by atoms with van der Waals surface area (Å²) in [5.41, 5.74) is 1.60. The second kappa shape index (κ2) is 7.84. The van der Waals surface area contributed by atoms with Gasteiger partial charge in [0.1, 0.15) is 11.3 Å². The minimum absolute atomic E-state index is 0.0897. The van der Waals surface area contributed by atoms with Crippen LogP contribution in [0.2, 0.25) is 0 Å². The number of thiophene rings is 1. The summed E-state index contributed by atoms with van der Waals surface area (Å²) in [5, 5.41) is 9.66. The third-order valence-corrected chi connectivity index (χ3v) is 6.31. The molecule has 1 amide bonds. The fraction of sp³-hybridized carbons (Fsp3) is 0.550. The molecule has 1 saturated carbocycles. The number of aryl methyl sites for hydroxylation is 2. The highest BCUT2D eigenvalue weighted by atomic mass is 32.1. The van der Waals surface area contributed by atoms with Gasteiger partial charge in [-0.15, -0.1) is 11.3 Å². The van der Waals surface area contributed by atoms with Gasteiger partial charge in [-0.05, 0) is 43.7 Å². The lowest BCUT2D eigenvalue weighted by Gasteiger charge is -2.16. The quantitative estimate of drug-likeness (QED) is 0.681. The van der Waals surface area contributed by atoms with E-state index in [4.69, 9.17) is 0 Å². The first-order valence-corrected chi connectivity index (χ1v) is 10.8. The van der Waals surface area contributed by atoms with Crippen LogP contribution in [0.3, 0.4) is 0 Å². The van der Waals surface area contributed by atoms with Crippen molar-refractivity contribution in [3.63, 3.8) is 0 Å². The van der Waals surface area contributed by atoms with E-state index in [-0.39, 0.29) is 11.5 Å². The minimum atomic E-state index is -0.0897. The number of hydrogen-bond acceptors (Lipinski definition) is 4. The maximum absolute atomic E-state index is 12.8. The van der Waals surface area contributed by atoms with Gasteiger partial charge in [-0.3, -0.25) is 14.0 Å². The number of carbonyl (C=O) groups excluding carboxylic acids is 1. The first-order chi connectivity index (χ1) is 13.1. The van der Waals surface area contributed by atoms with Crippen LogP contribution in [0.1, 0.15) is 57.2 Å². The van der Waals surface area contributed by atoms with E-state index >= 15 is 0 Å². The lowest BCUT2D eigenvalue weighted by molar-refractivity contribution is -0.122. The third kappa shape index (κ3) is 3.78. The van der Waals surface area contributed by atoms with Crippen molar-refractivity contribution in [1.82, 2.24) is 19.5 Å². The summed E-state index contributed by atoms with van der Waals surface area (Å²) in [6, 6.07) is 4.28. The van der Waals surface area contributed by atoms with Gasteiger partial charge in [-0.1, -0.05) is 25.7 Å². The Bertz CT molecular complexity index is 1010. The molecule has 7 heteroatoms. The summed E-state index contributed by atoms with van der Waals surface area (Å²) in [7, 11) is 0. The van der Waals surface area contributed by atoms with Crippen LogP contribution in [-0.4, -0.2) is 26.1 Å². The molecule has 4 rings (SSSR count). The molecule has 0 atom stereocenters. The lowest BCUT2D eigenvalue weighted by Crippen LogP contribution is -2.34. The number of fused-ring (bicyclic) bond motifs is 3. The highest BCUT2D eigenvalue weighted by molar-refractivity contribution is 7.17. The first kappa shape index (κ1) is 18.2. The Balaban J connectivity index is 1.41. The molecule has 0 unspecified atom stereocenters. The van der Waals surface area contributed by atoms with Crippen LogP contribution >= 0.6 is 11.3 Å². The molecule has 3 aromatic rings. The van der Waals surface area contributed by atoms with Crippen molar-refractivity contribution in [3.8, 4) is 0 Å². The van der Waals surface area contributed by atoms with Gasteiger partial charge in [-0.2, -0.15) is 5.10 Å². The molecule has 0 radical (unpaired) electrons. The fourth-order valence-electron chi connectivity index (χ4n) is 4.09. The van der Waals surface area contributed by atoms with Crippen LogP contribution in [0.15, 0.2) is 22.3 Å². The molecular formula is C20H26N4O2S. The van der Waals surface area contributed by atoms with Gasteiger partial charge in [-0.25, -0.2) is 4.68 Å². The molecule has 1 N–H and O–H groups in total. The molecule has 0 aliphatic heterocycles. The minimum Gasteiger partial charge on any atom is -0.353 e. The Morgan fingerprint density at radius 3 is 2.81 bits per heavy atom. The largest absolute Gasteiger partial charge is 0.353 e. The number of hydrogen-bond donors (Lipinski definition) is 1. The summed E-state index contributed by atoms with van der Waals surface area (Å²) in [6.07, 6.45) is 8.21. The van der Waals surface area contributed by atoms with Gasteiger partial charge < -0.3 is 5.32 Å². The van der Waals surface area contributed by atoms with Gasteiger partial charge in [0.15, 0.2) is 0 Å². The van der Waals surface area contributed by atoms with Crippen LogP contribution < -0.4 is 10.9 Å². The predicted molar refractivity (Wildman–Crippen MR) is 108 cm³/mol. The van der Waals surface area contributed by atoms with Crippen molar-refractivity contribution in [2.24, 2.45) is 0 Å². The lowest BCUT2D eigenvalue weighted by atomic mass is 10.1. The van der Waals surface area contributed by atoms with Crippen LogP contribution in [0.5, 0.6) is 0 Å². The van der Waals surface area contributed by atoms with Gasteiger partial charge in [0, 0.05) is 19.0 Å². The summed E-state index contributed by atoms with van der Waals surface area (Å²) in [5.74, 6) is 0.886. The Hall–Kier alpha value is -2.15. The zero-order valence-electron chi connectivity index (χ0n) is 15.7. The monoisotopic (exact) mass is 386 g/mol. The molecule has 1 aliphatic carbocycles. The second-order valence-electron chi connectivity index (χ2n) is 7.47. The molecule has 0 spiro atoms. The molecule has 3 aromatic heterocycles. The fourth-order valence-corrected chi connectivity index (χ4v) is 4.90. The SMILES string of the molecule is Cc1nn(CCCC(=O)NC2CCCCCC2)c(=O)c2cc3sccc3n12. The van der Waals surface area contributed by atoms with Crippen molar-refractivity contribution in [1.29, 1.82) is 0 Å². The Labute approximate surface area is 162 Å².